The zero-order valence-corrected chi connectivity index (χ0v) is 19.6. The van der Waals surface area contributed by atoms with Gasteiger partial charge in [0.2, 0.25) is 5.91 Å². The van der Waals surface area contributed by atoms with E-state index in [0.717, 1.165) is 40.8 Å². The number of carbonyl (C=O) groups is 1. The summed E-state index contributed by atoms with van der Waals surface area (Å²) in [7, 11) is 1.60. The Bertz CT molecular complexity index is 1320. The van der Waals surface area contributed by atoms with Gasteiger partial charge in [-0.1, -0.05) is 17.8 Å². The van der Waals surface area contributed by atoms with E-state index in [1.54, 1.807) is 18.6 Å². The molecule has 0 fully saturated rings. The topological polar surface area (TPSA) is 81.9 Å². The number of hydrogen-bond acceptors (Lipinski definition) is 7. The van der Waals surface area contributed by atoms with E-state index in [-0.39, 0.29) is 28.0 Å². The molecule has 4 aromatic rings. The molecule has 0 unspecified atom stereocenters. The number of benzene rings is 2. The number of nitrogens with zero attached hydrogens (tertiary/aromatic N) is 4. The average Bonchev–Trinajstić information content (AvgIpc) is 3.47. The molecule has 0 bridgehead atoms. The summed E-state index contributed by atoms with van der Waals surface area (Å²) >= 11 is 2.34. The van der Waals surface area contributed by atoms with Crippen LogP contribution >= 0.6 is 23.1 Å². The number of anilines is 1. The van der Waals surface area contributed by atoms with E-state index in [1.807, 2.05) is 28.8 Å². The lowest BCUT2D eigenvalue weighted by Crippen LogP contribution is -2.14. The summed E-state index contributed by atoms with van der Waals surface area (Å²) in [4.78, 5) is 16.7. The first kappa shape index (κ1) is 23.6. The number of amides is 1. The van der Waals surface area contributed by atoms with E-state index in [1.165, 1.54) is 11.8 Å². The number of methoxy groups -OCH3 is 1. The van der Waals surface area contributed by atoms with Crippen LogP contribution in [0, 0.1) is 11.6 Å². The summed E-state index contributed by atoms with van der Waals surface area (Å²) in [6.45, 7) is 4.25. The molecular formula is C23H19F2N5O2S2. The number of halogens is 2. The third kappa shape index (κ3) is 5.32. The predicted molar refractivity (Wildman–Crippen MR) is 129 cm³/mol. The Balaban J connectivity index is 1.43. The largest absolute Gasteiger partial charge is 0.497 e. The van der Waals surface area contributed by atoms with Crippen molar-refractivity contribution in [2.45, 2.75) is 11.7 Å². The van der Waals surface area contributed by atoms with Crippen molar-refractivity contribution >= 4 is 34.1 Å². The van der Waals surface area contributed by atoms with Crippen LogP contribution in [0.1, 0.15) is 0 Å². The second-order valence-corrected chi connectivity index (χ2v) is 8.73. The summed E-state index contributed by atoms with van der Waals surface area (Å²) in [6.07, 6.45) is 1.73. The molecule has 7 nitrogen and oxygen atoms in total. The number of aromatic nitrogens is 4. The van der Waals surface area contributed by atoms with Crippen LogP contribution in [0.4, 0.5) is 13.9 Å². The Morgan fingerprint density at radius 1 is 1.24 bits per heavy atom. The second kappa shape index (κ2) is 10.6. The van der Waals surface area contributed by atoms with Gasteiger partial charge in [0, 0.05) is 23.1 Å². The number of hydrogen-bond donors (Lipinski definition) is 1. The van der Waals surface area contributed by atoms with Crippen LogP contribution in [-0.2, 0) is 11.3 Å². The van der Waals surface area contributed by atoms with Crippen molar-refractivity contribution in [3.05, 3.63) is 72.1 Å². The van der Waals surface area contributed by atoms with Crippen LogP contribution in [0.15, 0.2) is 65.7 Å². The monoisotopic (exact) mass is 499 g/mol. The smallest absolute Gasteiger partial charge is 0.236 e. The fraction of sp³-hybridized carbons (Fsp3) is 0.130. The van der Waals surface area contributed by atoms with Crippen molar-refractivity contribution < 1.29 is 18.3 Å². The van der Waals surface area contributed by atoms with Gasteiger partial charge in [-0.15, -0.1) is 28.1 Å². The van der Waals surface area contributed by atoms with E-state index in [4.69, 9.17) is 4.74 Å². The third-order valence-electron chi connectivity index (χ3n) is 4.66. The van der Waals surface area contributed by atoms with E-state index < -0.39 is 11.6 Å². The van der Waals surface area contributed by atoms with Crippen LogP contribution in [0.25, 0.3) is 22.6 Å². The maximum absolute atomic E-state index is 14.0. The number of thioether (sulfide) groups is 1. The fourth-order valence-electron chi connectivity index (χ4n) is 3.08. The number of allylic oxidation sites excluding steroid dienone is 1. The van der Waals surface area contributed by atoms with Gasteiger partial charge in [-0.05, 0) is 42.5 Å². The van der Waals surface area contributed by atoms with Crippen molar-refractivity contribution in [1.29, 1.82) is 0 Å². The summed E-state index contributed by atoms with van der Waals surface area (Å²) in [5, 5.41) is 13.6. The van der Waals surface area contributed by atoms with Crippen molar-refractivity contribution in [3.8, 4) is 28.4 Å². The van der Waals surface area contributed by atoms with Gasteiger partial charge in [0.1, 0.15) is 17.4 Å². The van der Waals surface area contributed by atoms with Gasteiger partial charge in [-0.25, -0.2) is 13.8 Å². The number of ether oxygens (including phenoxy) is 1. The molecular weight excluding hydrogens is 480 g/mol. The van der Waals surface area contributed by atoms with Crippen LogP contribution in [0.5, 0.6) is 5.75 Å². The highest BCUT2D eigenvalue weighted by atomic mass is 32.2. The van der Waals surface area contributed by atoms with Crippen LogP contribution in [0.2, 0.25) is 0 Å². The Morgan fingerprint density at radius 3 is 2.76 bits per heavy atom. The zero-order valence-electron chi connectivity index (χ0n) is 18.0. The molecule has 1 amide bonds. The maximum Gasteiger partial charge on any atom is 0.236 e. The number of nitrogens with one attached hydrogen (secondary N) is 1. The normalized spacial score (nSPS) is 10.8. The Kier molecular flexibility index (Phi) is 7.33. The molecule has 2 aromatic carbocycles. The Labute approximate surface area is 202 Å². The molecule has 174 valence electrons. The average molecular weight is 500 g/mol. The van der Waals surface area contributed by atoms with Gasteiger partial charge in [0.15, 0.2) is 16.1 Å². The van der Waals surface area contributed by atoms with Crippen LogP contribution in [-0.4, -0.2) is 38.5 Å². The zero-order chi connectivity index (χ0) is 24.1. The summed E-state index contributed by atoms with van der Waals surface area (Å²) in [5.74, 6) is -0.0354. The molecule has 0 aliphatic rings. The molecule has 0 radical (unpaired) electrons. The number of thiazole rings is 1. The molecule has 0 aliphatic heterocycles. The molecule has 34 heavy (non-hydrogen) atoms. The summed E-state index contributed by atoms with van der Waals surface area (Å²) in [5.41, 5.74) is 1.14. The minimum Gasteiger partial charge on any atom is -0.497 e. The van der Waals surface area contributed by atoms with Crippen LogP contribution < -0.4 is 10.1 Å². The maximum atomic E-state index is 14.0. The predicted octanol–water partition coefficient (Wildman–Crippen LogP) is 5.27. The SMILES string of the molecule is C=CCn1c(SCC(=O)Nc2nc(-c3cc(F)ccc3F)cs2)nnc1-c1ccc(OC)cc1. The standard InChI is InChI=1S/C23H19F2N5O2S2/c1-3-10-30-21(14-4-7-16(32-2)8-5-14)28-29-23(30)34-13-20(31)27-22-26-19(12-33-22)17-11-15(24)6-9-18(17)25/h3-9,11-12H,1,10,13H2,2H3,(H,26,27,31). The van der Waals surface area contributed by atoms with E-state index in [9.17, 15) is 13.6 Å². The van der Waals surface area contributed by atoms with Gasteiger partial charge in [0.25, 0.3) is 0 Å². The fourth-order valence-corrected chi connectivity index (χ4v) is 4.55. The van der Waals surface area contributed by atoms with Gasteiger partial charge < -0.3 is 10.1 Å². The lowest BCUT2D eigenvalue weighted by atomic mass is 10.1. The van der Waals surface area contributed by atoms with Gasteiger partial charge in [-0.2, -0.15) is 0 Å². The highest BCUT2D eigenvalue weighted by Gasteiger charge is 2.16. The highest BCUT2D eigenvalue weighted by Crippen LogP contribution is 2.29. The molecule has 11 heteroatoms. The van der Waals surface area contributed by atoms with Crippen molar-refractivity contribution in [3.63, 3.8) is 0 Å². The molecule has 0 atom stereocenters. The minimum absolute atomic E-state index is 0.0368. The molecule has 0 saturated heterocycles. The molecule has 0 saturated carbocycles. The highest BCUT2D eigenvalue weighted by molar-refractivity contribution is 7.99. The molecule has 2 heterocycles. The number of rotatable bonds is 9. The third-order valence-corrected chi connectivity index (χ3v) is 6.39. The molecule has 1 N–H and O–H groups in total. The minimum atomic E-state index is -0.589. The summed E-state index contributed by atoms with van der Waals surface area (Å²) < 4.78 is 34.5. The lowest BCUT2D eigenvalue weighted by molar-refractivity contribution is -0.113. The Morgan fingerprint density at radius 2 is 2.03 bits per heavy atom. The number of carbonyl (C=O) groups excluding carboxylic acids is 1. The van der Waals surface area contributed by atoms with Crippen molar-refractivity contribution in [2.75, 3.05) is 18.2 Å². The lowest BCUT2D eigenvalue weighted by Gasteiger charge is -2.08. The van der Waals surface area contributed by atoms with E-state index in [2.05, 4.69) is 27.1 Å². The van der Waals surface area contributed by atoms with Crippen molar-refractivity contribution in [1.82, 2.24) is 19.7 Å². The second-order valence-electron chi connectivity index (χ2n) is 6.93. The first-order valence-electron chi connectivity index (χ1n) is 10.0. The van der Waals surface area contributed by atoms with Gasteiger partial charge in [0.05, 0.1) is 18.6 Å². The first-order chi connectivity index (χ1) is 16.5. The van der Waals surface area contributed by atoms with Gasteiger partial charge >= 0.3 is 0 Å². The van der Waals surface area contributed by atoms with E-state index in [0.29, 0.717) is 17.5 Å². The van der Waals surface area contributed by atoms with Crippen molar-refractivity contribution in [2.24, 2.45) is 0 Å². The molecule has 0 spiro atoms. The first-order valence-corrected chi connectivity index (χ1v) is 11.9. The molecule has 0 aliphatic carbocycles. The molecule has 2 aromatic heterocycles. The van der Waals surface area contributed by atoms with Gasteiger partial charge in [-0.3, -0.25) is 9.36 Å². The van der Waals surface area contributed by atoms with E-state index >= 15 is 0 Å². The van der Waals surface area contributed by atoms with Crippen LogP contribution in [0.3, 0.4) is 0 Å². The molecule has 4 rings (SSSR count). The quantitative estimate of drug-likeness (QED) is 0.250. The Hall–Kier alpha value is -3.57. The summed E-state index contributed by atoms with van der Waals surface area (Å²) in [6, 6.07) is 10.6.